The first kappa shape index (κ1) is 21.4. The molecule has 0 aromatic rings. The summed E-state index contributed by atoms with van der Waals surface area (Å²) in [7, 11) is 0. The van der Waals surface area contributed by atoms with E-state index in [4.69, 9.17) is 14.2 Å². The normalized spacial score (nSPS) is 31.5. The van der Waals surface area contributed by atoms with E-state index in [1.54, 1.807) is 6.92 Å². The summed E-state index contributed by atoms with van der Waals surface area (Å²) in [6, 6.07) is 0. The van der Waals surface area contributed by atoms with E-state index >= 15 is 0 Å². The highest BCUT2D eigenvalue weighted by molar-refractivity contribution is 5.72. The molecule has 1 aliphatic rings. The third-order valence-corrected chi connectivity index (χ3v) is 4.66. The molecule has 6 heteroatoms. The van der Waals surface area contributed by atoms with Crippen LogP contribution in [0.5, 0.6) is 0 Å². The lowest BCUT2D eigenvalue weighted by Crippen LogP contribution is -2.48. The molecule has 142 valence electrons. The van der Waals surface area contributed by atoms with Crippen LogP contribution in [0.1, 0.15) is 60.8 Å². The van der Waals surface area contributed by atoms with Crippen LogP contribution in [0.15, 0.2) is 0 Å². The van der Waals surface area contributed by atoms with Gasteiger partial charge < -0.3 is 24.4 Å². The predicted octanol–water partition coefficient (Wildman–Crippen LogP) is 2.25. The molecule has 0 amide bonds. The maximum absolute atomic E-state index is 11.9. The molecule has 7 atom stereocenters. The Balaban J connectivity index is 2.37. The van der Waals surface area contributed by atoms with Gasteiger partial charge in [-0.05, 0) is 46.5 Å². The first-order valence-electron chi connectivity index (χ1n) is 8.99. The Labute approximate surface area is 145 Å². The first-order valence-corrected chi connectivity index (χ1v) is 8.99. The van der Waals surface area contributed by atoms with Crippen LogP contribution in [-0.4, -0.2) is 53.0 Å². The highest BCUT2D eigenvalue weighted by Gasteiger charge is 2.35. The van der Waals surface area contributed by atoms with E-state index in [0.29, 0.717) is 0 Å². The third-order valence-electron chi connectivity index (χ3n) is 4.66. The zero-order valence-electron chi connectivity index (χ0n) is 15.8. The summed E-state index contributed by atoms with van der Waals surface area (Å²) < 4.78 is 16.5. The predicted molar refractivity (Wildman–Crippen MR) is 90.3 cm³/mol. The van der Waals surface area contributed by atoms with Crippen LogP contribution >= 0.6 is 0 Å². The Hall–Kier alpha value is -0.690. The summed E-state index contributed by atoms with van der Waals surface area (Å²) in [4.78, 5) is 11.9. The van der Waals surface area contributed by atoms with Crippen molar-refractivity contribution in [2.75, 3.05) is 0 Å². The second-order valence-corrected chi connectivity index (χ2v) is 7.36. The second-order valence-electron chi connectivity index (χ2n) is 7.36. The standard InChI is InChI=1S/C18H34O6/c1-10(2)22-17(21)13(5)11(3)7-8-12(4)23-18-16(20)9-15(19)14(6)24-18/h10-16,18-20H,7-9H2,1-6H3/t11?,12-,13+,14+,15-,16-,18-/m1/s1. The van der Waals surface area contributed by atoms with Gasteiger partial charge in [-0.25, -0.2) is 0 Å². The maximum atomic E-state index is 11.9. The van der Waals surface area contributed by atoms with Gasteiger partial charge >= 0.3 is 5.97 Å². The molecule has 1 aliphatic heterocycles. The fraction of sp³-hybridized carbons (Fsp3) is 0.944. The van der Waals surface area contributed by atoms with Gasteiger partial charge in [0.25, 0.3) is 0 Å². The van der Waals surface area contributed by atoms with Crippen LogP contribution in [0.3, 0.4) is 0 Å². The van der Waals surface area contributed by atoms with Crippen molar-refractivity contribution in [1.29, 1.82) is 0 Å². The summed E-state index contributed by atoms with van der Waals surface area (Å²) in [6.07, 6.45) is -0.931. The van der Waals surface area contributed by atoms with Gasteiger partial charge in [0.1, 0.15) is 6.10 Å². The van der Waals surface area contributed by atoms with Crippen molar-refractivity contribution < 1.29 is 29.2 Å². The number of esters is 1. The summed E-state index contributed by atoms with van der Waals surface area (Å²) >= 11 is 0. The van der Waals surface area contributed by atoms with Crippen LogP contribution in [0.25, 0.3) is 0 Å². The largest absolute Gasteiger partial charge is 0.463 e. The Morgan fingerprint density at radius 1 is 1.12 bits per heavy atom. The van der Waals surface area contributed by atoms with E-state index in [9.17, 15) is 15.0 Å². The number of hydrogen-bond acceptors (Lipinski definition) is 6. The van der Waals surface area contributed by atoms with Gasteiger partial charge in [-0.2, -0.15) is 0 Å². The molecule has 1 rings (SSSR count). The van der Waals surface area contributed by atoms with Crippen molar-refractivity contribution >= 4 is 5.97 Å². The molecule has 0 aromatic carbocycles. The van der Waals surface area contributed by atoms with Crippen molar-refractivity contribution in [2.24, 2.45) is 11.8 Å². The van der Waals surface area contributed by atoms with Gasteiger partial charge in [0.2, 0.25) is 0 Å². The molecule has 0 aromatic heterocycles. The average molecular weight is 346 g/mol. The molecule has 1 saturated heterocycles. The Bertz CT molecular complexity index is 386. The minimum atomic E-state index is -0.823. The van der Waals surface area contributed by atoms with Crippen LogP contribution < -0.4 is 0 Å². The lowest BCUT2D eigenvalue weighted by Gasteiger charge is -2.36. The van der Waals surface area contributed by atoms with Gasteiger partial charge in [0.05, 0.1) is 30.3 Å². The number of aliphatic hydroxyl groups excluding tert-OH is 2. The lowest BCUT2D eigenvalue weighted by atomic mass is 9.90. The molecular weight excluding hydrogens is 312 g/mol. The van der Waals surface area contributed by atoms with E-state index < -0.39 is 18.5 Å². The molecule has 0 radical (unpaired) electrons. The van der Waals surface area contributed by atoms with E-state index in [0.717, 1.165) is 12.8 Å². The SMILES string of the molecule is CC(C)OC(=O)[C@@H](C)C(C)CC[C@@H](C)O[C@@H]1O[C@@H](C)[C@H](O)C[C@H]1O. The Morgan fingerprint density at radius 3 is 2.33 bits per heavy atom. The van der Waals surface area contributed by atoms with Crippen molar-refractivity contribution in [3.05, 3.63) is 0 Å². The van der Waals surface area contributed by atoms with Crippen molar-refractivity contribution in [3.63, 3.8) is 0 Å². The second kappa shape index (κ2) is 9.70. The molecule has 2 N–H and O–H groups in total. The average Bonchev–Trinajstić information content (AvgIpc) is 2.48. The Morgan fingerprint density at radius 2 is 1.75 bits per heavy atom. The van der Waals surface area contributed by atoms with Gasteiger partial charge in [0.15, 0.2) is 6.29 Å². The van der Waals surface area contributed by atoms with Gasteiger partial charge in [-0.3, -0.25) is 4.79 Å². The fourth-order valence-electron chi connectivity index (χ4n) is 2.68. The highest BCUT2D eigenvalue weighted by Crippen LogP contribution is 2.25. The van der Waals surface area contributed by atoms with Crippen LogP contribution in [0.2, 0.25) is 0 Å². The molecule has 1 unspecified atom stereocenters. The number of ether oxygens (including phenoxy) is 3. The lowest BCUT2D eigenvalue weighted by molar-refractivity contribution is -0.273. The first-order chi connectivity index (χ1) is 11.1. The molecule has 0 aliphatic carbocycles. The number of aliphatic hydroxyl groups is 2. The number of carbonyl (C=O) groups is 1. The van der Waals surface area contributed by atoms with E-state index in [2.05, 4.69) is 0 Å². The van der Waals surface area contributed by atoms with Crippen LogP contribution in [-0.2, 0) is 19.0 Å². The third kappa shape index (κ3) is 6.67. The van der Waals surface area contributed by atoms with Gasteiger partial charge in [0, 0.05) is 6.42 Å². The minimum Gasteiger partial charge on any atom is -0.463 e. The summed E-state index contributed by atoms with van der Waals surface area (Å²) in [5, 5.41) is 19.6. The molecule has 0 spiro atoms. The van der Waals surface area contributed by atoms with E-state index in [1.807, 2.05) is 34.6 Å². The minimum absolute atomic E-state index is 0.100. The number of hydrogen-bond donors (Lipinski definition) is 2. The molecule has 1 heterocycles. The smallest absolute Gasteiger partial charge is 0.309 e. The molecular formula is C18H34O6. The topological polar surface area (TPSA) is 85.2 Å². The van der Waals surface area contributed by atoms with Crippen molar-refractivity contribution in [3.8, 4) is 0 Å². The quantitative estimate of drug-likeness (QED) is 0.656. The molecule has 1 fully saturated rings. The van der Waals surface area contributed by atoms with Crippen molar-refractivity contribution in [2.45, 2.75) is 97.6 Å². The van der Waals surface area contributed by atoms with Crippen LogP contribution in [0.4, 0.5) is 0 Å². The monoisotopic (exact) mass is 346 g/mol. The molecule has 0 saturated carbocycles. The summed E-state index contributed by atoms with van der Waals surface area (Å²) in [5.41, 5.74) is 0. The maximum Gasteiger partial charge on any atom is 0.309 e. The fourth-order valence-corrected chi connectivity index (χ4v) is 2.68. The Kier molecular flexibility index (Phi) is 8.63. The molecule has 0 bridgehead atoms. The zero-order valence-corrected chi connectivity index (χ0v) is 15.8. The van der Waals surface area contributed by atoms with Crippen LogP contribution in [0, 0.1) is 11.8 Å². The van der Waals surface area contributed by atoms with E-state index in [-0.39, 0.29) is 42.5 Å². The van der Waals surface area contributed by atoms with Gasteiger partial charge in [-0.1, -0.05) is 13.8 Å². The van der Waals surface area contributed by atoms with E-state index in [1.165, 1.54) is 0 Å². The molecule has 6 nitrogen and oxygen atoms in total. The highest BCUT2D eigenvalue weighted by atomic mass is 16.7. The zero-order chi connectivity index (χ0) is 18.4. The molecule has 24 heavy (non-hydrogen) atoms. The summed E-state index contributed by atoms with van der Waals surface area (Å²) in [5.74, 6) is -0.147. The number of rotatable bonds is 8. The van der Waals surface area contributed by atoms with Crippen molar-refractivity contribution in [1.82, 2.24) is 0 Å². The summed E-state index contributed by atoms with van der Waals surface area (Å²) in [6.45, 7) is 11.3. The number of carbonyl (C=O) groups excluding carboxylic acids is 1. The van der Waals surface area contributed by atoms with Gasteiger partial charge in [-0.15, -0.1) is 0 Å².